The zero-order valence-electron chi connectivity index (χ0n) is 18.8. The van der Waals surface area contributed by atoms with E-state index in [-0.39, 0.29) is 24.5 Å². The van der Waals surface area contributed by atoms with Crippen LogP contribution in [-0.4, -0.2) is 61.8 Å². The summed E-state index contributed by atoms with van der Waals surface area (Å²) in [4.78, 5) is 18.5. The Kier molecular flexibility index (Phi) is 5.85. The molecule has 0 bridgehead atoms. The zero-order chi connectivity index (χ0) is 27.0. The molecule has 4 aliphatic heterocycles. The predicted molar refractivity (Wildman–Crippen MR) is 125 cm³/mol. The predicted octanol–water partition coefficient (Wildman–Crippen LogP) is 3.58. The molecule has 1 amide bonds. The van der Waals surface area contributed by atoms with E-state index in [9.17, 15) is 30.8 Å². The van der Waals surface area contributed by atoms with Crippen molar-refractivity contribution < 1.29 is 40.3 Å². The quantitative estimate of drug-likeness (QED) is 0.431. The van der Waals surface area contributed by atoms with Crippen LogP contribution in [0.4, 0.5) is 17.6 Å². The molecule has 4 heterocycles. The normalized spacial score (nSPS) is 24.1. The van der Waals surface area contributed by atoms with Gasteiger partial charge in [0.05, 0.1) is 41.5 Å². The van der Waals surface area contributed by atoms with Gasteiger partial charge in [0.15, 0.2) is 21.3 Å². The van der Waals surface area contributed by atoms with Gasteiger partial charge in [-0.05, 0) is 18.2 Å². The minimum absolute atomic E-state index is 0.0652. The lowest BCUT2D eigenvalue weighted by atomic mass is 9.82. The van der Waals surface area contributed by atoms with E-state index in [1.54, 1.807) is 0 Å². The van der Waals surface area contributed by atoms with Gasteiger partial charge in [-0.25, -0.2) is 12.8 Å². The van der Waals surface area contributed by atoms with Crippen LogP contribution in [0, 0.1) is 5.82 Å². The van der Waals surface area contributed by atoms with Crippen LogP contribution in [-0.2, 0) is 29.8 Å². The lowest BCUT2D eigenvalue weighted by molar-refractivity contribution is -0.275. The van der Waals surface area contributed by atoms with Crippen LogP contribution in [0.1, 0.15) is 12.0 Å². The second-order valence-electron chi connectivity index (χ2n) is 9.15. The van der Waals surface area contributed by atoms with Crippen molar-refractivity contribution in [2.45, 2.75) is 23.8 Å². The smallest absolute Gasteiger partial charge is 0.435 e. The number of dihydropyridines is 1. The van der Waals surface area contributed by atoms with Crippen molar-refractivity contribution in [1.82, 2.24) is 10.2 Å². The Morgan fingerprint density at radius 2 is 1.89 bits per heavy atom. The molecule has 1 spiro atoms. The fourth-order valence-electron chi connectivity index (χ4n) is 4.55. The Labute approximate surface area is 218 Å². The third-order valence-electron chi connectivity index (χ3n) is 6.46. The van der Waals surface area contributed by atoms with Crippen molar-refractivity contribution in [3.8, 4) is 0 Å². The molecule has 0 saturated carbocycles. The number of benzene rings is 1. The van der Waals surface area contributed by atoms with E-state index >= 15 is 0 Å². The van der Waals surface area contributed by atoms with E-state index in [2.05, 4.69) is 10.5 Å². The summed E-state index contributed by atoms with van der Waals surface area (Å²) >= 11 is 11.5. The number of allylic oxidation sites excluding steroid dienone is 2. The number of fused-ring (bicyclic) bond motifs is 2. The Morgan fingerprint density at radius 1 is 1.24 bits per heavy atom. The number of nitrogens with zero attached hydrogens (tertiary/aromatic N) is 2. The van der Waals surface area contributed by atoms with Gasteiger partial charge in [-0.3, -0.25) is 4.79 Å². The summed E-state index contributed by atoms with van der Waals surface area (Å²) < 4.78 is 85.2. The SMILES string of the molecule is CS(=O)(=O)CC(=O)N1CC2(C1)OC=C1C=C(C3=NOC(c4cc(Cl)c(F)c(Cl)c4)(C(F)(F)F)C3)NC=C12. The van der Waals surface area contributed by atoms with Crippen LogP contribution in [0.2, 0.25) is 10.0 Å². The van der Waals surface area contributed by atoms with Crippen molar-refractivity contribution in [2.75, 3.05) is 25.1 Å². The average Bonchev–Trinajstić information content (AvgIpc) is 3.37. The summed E-state index contributed by atoms with van der Waals surface area (Å²) in [5, 5.41) is 5.39. The van der Waals surface area contributed by atoms with Gasteiger partial charge in [0, 0.05) is 29.2 Å². The molecule has 1 N–H and O–H groups in total. The summed E-state index contributed by atoms with van der Waals surface area (Å²) in [6.45, 7) is 0.233. The Bertz CT molecular complexity index is 1430. The molecule has 0 aliphatic carbocycles. The van der Waals surface area contributed by atoms with Crippen LogP contribution >= 0.6 is 23.2 Å². The molecule has 198 valence electrons. The number of halogens is 6. The summed E-state index contributed by atoms with van der Waals surface area (Å²) in [5.41, 5.74) is -2.98. The van der Waals surface area contributed by atoms with E-state index in [4.69, 9.17) is 32.8 Å². The second kappa shape index (κ2) is 8.37. The van der Waals surface area contributed by atoms with Gasteiger partial charge in [-0.15, -0.1) is 0 Å². The summed E-state index contributed by atoms with van der Waals surface area (Å²) in [5.74, 6) is -2.21. The van der Waals surface area contributed by atoms with Gasteiger partial charge >= 0.3 is 6.18 Å². The Morgan fingerprint density at radius 3 is 2.49 bits per heavy atom. The molecule has 15 heteroatoms. The van der Waals surface area contributed by atoms with Gasteiger partial charge in [0.25, 0.3) is 5.60 Å². The number of ether oxygens (including phenoxy) is 1. The number of carbonyl (C=O) groups is 1. The fourth-order valence-corrected chi connectivity index (χ4v) is 5.67. The number of likely N-dealkylation sites (tertiary alicyclic amines) is 1. The number of carbonyl (C=O) groups excluding carboxylic acids is 1. The first-order valence-corrected chi connectivity index (χ1v) is 13.5. The first kappa shape index (κ1) is 25.9. The average molecular weight is 582 g/mol. The standard InChI is InChI=1S/C22H17Cl2F4N3O5S/c1-37(33,34)8-18(32)31-9-20(10-31)13-6-29-16(2-11(13)7-35-20)17-5-21(36-30-17,22(26,27)28)12-3-14(23)19(25)15(24)4-12/h2-4,6-7,29H,5,8-10H2,1H3. The van der Waals surface area contributed by atoms with E-state index in [1.807, 2.05) is 0 Å². The van der Waals surface area contributed by atoms with Crippen molar-refractivity contribution in [2.24, 2.45) is 5.16 Å². The highest BCUT2D eigenvalue weighted by molar-refractivity contribution is 7.91. The molecule has 0 aromatic heterocycles. The van der Waals surface area contributed by atoms with Crippen molar-refractivity contribution in [1.29, 1.82) is 0 Å². The molecule has 1 aromatic rings. The van der Waals surface area contributed by atoms with E-state index < -0.39 is 66.7 Å². The third kappa shape index (κ3) is 4.26. The van der Waals surface area contributed by atoms with E-state index in [0.717, 1.165) is 18.4 Å². The molecule has 1 atom stereocenters. The summed E-state index contributed by atoms with van der Waals surface area (Å²) in [6, 6.07) is 1.61. The highest BCUT2D eigenvalue weighted by Gasteiger charge is 2.63. The fraction of sp³-hybridized carbons (Fsp3) is 0.364. The maximum absolute atomic E-state index is 14.2. The van der Waals surface area contributed by atoms with E-state index in [0.29, 0.717) is 11.1 Å². The number of amides is 1. The van der Waals surface area contributed by atoms with Crippen LogP contribution in [0.15, 0.2) is 52.7 Å². The zero-order valence-corrected chi connectivity index (χ0v) is 21.2. The van der Waals surface area contributed by atoms with Crippen molar-refractivity contribution in [3.05, 3.63) is 68.9 Å². The molecule has 1 saturated heterocycles. The number of hydrogen-bond acceptors (Lipinski definition) is 7. The van der Waals surface area contributed by atoms with Crippen LogP contribution in [0.25, 0.3) is 0 Å². The molecule has 1 aromatic carbocycles. The first-order chi connectivity index (χ1) is 17.1. The largest absolute Gasteiger partial charge is 0.486 e. The minimum Gasteiger partial charge on any atom is -0.486 e. The highest BCUT2D eigenvalue weighted by Crippen LogP contribution is 2.51. The minimum atomic E-state index is -4.95. The molecule has 1 fully saturated rings. The van der Waals surface area contributed by atoms with Crippen LogP contribution in [0.3, 0.4) is 0 Å². The van der Waals surface area contributed by atoms with Gasteiger partial charge in [0.1, 0.15) is 11.5 Å². The number of nitrogens with one attached hydrogen (secondary N) is 1. The molecule has 5 rings (SSSR count). The van der Waals surface area contributed by atoms with Gasteiger partial charge in [-0.2, -0.15) is 13.2 Å². The van der Waals surface area contributed by atoms with Crippen molar-refractivity contribution in [3.63, 3.8) is 0 Å². The number of alkyl halides is 3. The lowest BCUT2D eigenvalue weighted by Crippen LogP contribution is -2.65. The lowest BCUT2D eigenvalue weighted by Gasteiger charge is -2.48. The number of oxime groups is 1. The summed E-state index contributed by atoms with van der Waals surface area (Å²) in [6.07, 6.45) is -0.249. The topological polar surface area (TPSA) is 97.3 Å². The Hall–Kier alpha value is -2.77. The third-order valence-corrected chi connectivity index (χ3v) is 7.78. The first-order valence-electron chi connectivity index (χ1n) is 10.6. The molecule has 1 unspecified atom stereocenters. The number of rotatable bonds is 4. The summed E-state index contributed by atoms with van der Waals surface area (Å²) in [7, 11) is -3.49. The van der Waals surface area contributed by atoms with Gasteiger partial charge in [0.2, 0.25) is 5.91 Å². The van der Waals surface area contributed by atoms with Crippen molar-refractivity contribution >= 4 is 44.7 Å². The van der Waals surface area contributed by atoms with Gasteiger partial charge < -0.3 is 19.8 Å². The Balaban J connectivity index is 1.33. The second-order valence-corrected chi connectivity index (χ2v) is 12.1. The van der Waals surface area contributed by atoms with E-state index in [1.165, 1.54) is 23.4 Å². The molecule has 0 radical (unpaired) electrons. The molecule has 37 heavy (non-hydrogen) atoms. The highest BCUT2D eigenvalue weighted by atomic mass is 35.5. The maximum Gasteiger partial charge on any atom is 0.435 e. The molecule has 4 aliphatic rings. The molecular weight excluding hydrogens is 565 g/mol. The maximum atomic E-state index is 14.2. The number of sulfone groups is 1. The van der Waals surface area contributed by atoms with Gasteiger partial charge in [-0.1, -0.05) is 28.4 Å². The monoisotopic (exact) mass is 581 g/mol. The molecular formula is C22H17Cl2F4N3O5S. The van der Waals surface area contributed by atoms with Crippen LogP contribution < -0.4 is 5.32 Å². The molecule has 8 nitrogen and oxygen atoms in total. The number of hydrogen-bond donors (Lipinski definition) is 1. The van der Waals surface area contributed by atoms with Crippen LogP contribution in [0.5, 0.6) is 0 Å².